The van der Waals surface area contributed by atoms with Crippen molar-refractivity contribution < 1.29 is 18.1 Å². The van der Waals surface area contributed by atoms with Gasteiger partial charge >= 0.3 is 5.69 Å². The highest BCUT2D eigenvalue weighted by Crippen LogP contribution is 2.40. The third-order valence-corrected chi connectivity index (χ3v) is 7.77. The molecule has 0 saturated heterocycles. The minimum Gasteiger partial charge on any atom is -0.382 e. The van der Waals surface area contributed by atoms with Gasteiger partial charge in [-0.3, -0.25) is 19.9 Å². The van der Waals surface area contributed by atoms with Crippen molar-refractivity contribution in [3.8, 4) is 11.1 Å². The normalized spacial score (nSPS) is 14.8. The molecule has 0 saturated carbocycles. The molecule has 0 amide bonds. The number of rotatable bonds is 5. The minimum absolute atomic E-state index is 0.00628. The summed E-state index contributed by atoms with van der Waals surface area (Å²) >= 11 is 0. The van der Waals surface area contributed by atoms with Gasteiger partial charge in [0.1, 0.15) is 0 Å². The molecule has 182 valence electrons. The van der Waals surface area contributed by atoms with Crippen molar-refractivity contribution >= 4 is 27.1 Å². The summed E-state index contributed by atoms with van der Waals surface area (Å²) in [6, 6.07) is 17.1. The molecule has 0 radical (unpaired) electrons. The van der Waals surface area contributed by atoms with Crippen LogP contribution in [0.5, 0.6) is 0 Å². The van der Waals surface area contributed by atoms with Crippen molar-refractivity contribution in [2.45, 2.75) is 29.3 Å². The quantitative estimate of drug-likeness (QED) is 0.312. The van der Waals surface area contributed by atoms with Crippen LogP contribution in [0.25, 0.3) is 11.1 Å². The summed E-state index contributed by atoms with van der Waals surface area (Å²) in [5.74, 6) is -0.817. The van der Waals surface area contributed by atoms with Gasteiger partial charge in [-0.05, 0) is 48.7 Å². The molecular weight excluding hydrogens is 484 g/mol. The summed E-state index contributed by atoms with van der Waals surface area (Å²) in [7, 11) is -4.24. The lowest BCUT2D eigenvalue weighted by Crippen LogP contribution is -2.24. The van der Waals surface area contributed by atoms with Gasteiger partial charge in [0.25, 0.3) is 11.6 Å². The number of aromatic nitrogens is 2. The molecule has 36 heavy (non-hydrogen) atoms. The molecule has 1 atom stereocenters. The fourth-order valence-electron chi connectivity index (χ4n) is 4.39. The van der Waals surface area contributed by atoms with Crippen LogP contribution in [-0.4, -0.2) is 34.8 Å². The van der Waals surface area contributed by atoms with E-state index in [2.05, 4.69) is 10.3 Å². The second-order valence-corrected chi connectivity index (χ2v) is 10.4. The van der Waals surface area contributed by atoms with Crippen molar-refractivity contribution in [3.63, 3.8) is 0 Å². The van der Waals surface area contributed by atoms with E-state index in [-0.39, 0.29) is 22.2 Å². The first-order valence-corrected chi connectivity index (χ1v) is 12.5. The van der Waals surface area contributed by atoms with Gasteiger partial charge in [0.2, 0.25) is 9.84 Å². The van der Waals surface area contributed by atoms with Gasteiger partial charge < -0.3 is 5.32 Å². The number of benzene rings is 3. The Morgan fingerprint density at radius 1 is 1.06 bits per heavy atom. The summed E-state index contributed by atoms with van der Waals surface area (Å²) in [6.07, 6.45) is 1.57. The predicted molar refractivity (Wildman–Crippen MR) is 132 cm³/mol. The van der Waals surface area contributed by atoms with Gasteiger partial charge in [-0.15, -0.1) is 0 Å². The Morgan fingerprint density at radius 2 is 1.75 bits per heavy atom. The zero-order valence-corrected chi connectivity index (χ0v) is 19.8. The second kappa shape index (κ2) is 8.61. The number of imidazole rings is 1. The van der Waals surface area contributed by atoms with Crippen LogP contribution in [0.2, 0.25) is 0 Å². The fourth-order valence-corrected chi connectivity index (χ4v) is 5.85. The monoisotopic (exact) mass is 504 g/mol. The summed E-state index contributed by atoms with van der Waals surface area (Å²) in [6.45, 7) is 2.00. The number of non-ortho nitro benzene ring substituents is 1. The highest BCUT2D eigenvalue weighted by Gasteiger charge is 2.31. The maximum absolute atomic E-state index is 13.8. The molecule has 1 aromatic heterocycles. The first-order valence-electron chi connectivity index (χ1n) is 11.0. The molecule has 2 heterocycles. The number of aromatic amines is 1. The van der Waals surface area contributed by atoms with Crippen molar-refractivity contribution in [2.24, 2.45) is 0 Å². The van der Waals surface area contributed by atoms with E-state index in [0.717, 1.165) is 29.6 Å². The van der Waals surface area contributed by atoms with Gasteiger partial charge in [0.05, 0.1) is 16.0 Å². The van der Waals surface area contributed by atoms with Crippen LogP contribution in [-0.2, 0) is 16.3 Å². The lowest BCUT2D eigenvalue weighted by atomic mass is 9.97. The lowest BCUT2D eigenvalue weighted by Gasteiger charge is -2.14. The van der Waals surface area contributed by atoms with Gasteiger partial charge in [0.15, 0.2) is 5.03 Å². The van der Waals surface area contributed by atoms with E-state index >= 15 is 0 Å². The Kier molecular flexibility index (Phi) is 5.56. The van der Waals surface area contributed by atoms with Crippen LogP contribution < -0.4 is 11.0 Å². The van der Waals surface area contributed by atoms with Crippen LogP contribution in [0.1, 0.15) is 22.8 Å². The zero-order valence-electron chi connectivity index (χ0n) is 19.0. The SMILES string of the molecule is CC1Cc2c(ccc(S(=O)(=O)c3cn(C(=O)c4ccc([N+](=O)[O-])cc4)c(=O)[nH]3)c2-c2ccccc2)N1. The number of nitro groups is 1. The molecule has 4 aromatic rings. The third kappa shape index (κ3) is 3.89. The Balaban J connectivity index is 1.60. The summed E-state index contributed by atoms with van der Waals surface area (Å²) in [5, 5.41) is 13.8. The van der Waals surface area contributed by atoms with E-state index in [1.165, 1.54) is 18.2 Å². The molecule has 3 aromatic carbocycles. The largest absolute Gasteiger partial charge is 0.382 e. The number of fused-ring (bicyclic) bond motifs is 1. The van der Waals surface area contributed by atoms with Crippen LogP contribution >= 0.6 is 0 Å². The Bertz CT molecular complexity index is 1670. The predicted octanol–water partition coefficient (Wildman–Crippen LogP) is 3.63. The maximum Gasteiger partial charge on any atom is 0.333 e. The van der Waals surface area contributed by atoms with Crippen LogP contribution in [0.15, 0.2) is 87.6 Å². The molecule has 0 aliphatic carbocycles. The Labute approximate surface area is 205 Å². The van der Waals surface area contributed by atoms with Gasteiger partial charge in [-0.2, -0.15) is 0 Å². The molecule has 11 heteroatoms. The van der Waals surface area contributed by atoms with E-state index in [1.54, 1.807) is 6.07 Å². The average molecular weight is 505 g/mol. The number of nitrogens with one attached hydrogen (secondary N) is 2. The number of carbonyl (C=O) groups is 1. The van der Waals surface area contributed by atoms with Gasteiger partial charge in [0, 0.05) is 35.0 Å². The van der Waals surface area contributed by atoms with E-state index in [9.17, 15) is 28.1 Å². The second-order valence-electron chi connectivity index (χ2n) is 8.49. The lowest BCUT2D eigenvalue weighted by molar-refractivity contribution is -0.384. The number of nitrogens with zero attached hydrogens (tertiary/aromatic N) is 2. The van der Waals surface area contributed by atoms with Crippen molar-refractivity contribution in [1.29, 1.82) is 0 Å². The topological polar surface area (TPSA) is 144 Å². The highest BCUT2D eigenvalue weighted by atomic mass is 32.2. The maximum atomic E-state index is 13.8. The molecule has 1 aliphatic heterocycles. The number of nitro benzene ring substituents is 1. The Morgan fingerprint density at radius 3 is 2.42 bits per heavy atom. The summed E-state index contributed by atoms with van der Waals surface area (Å²) < 4.78 is 28.2. The first-order chi connectivity index (χ1) is 17.2. The first kappa shape index (κ1) is 23.2. The fraction of sp³-hybridized carbons (Fsp3) is 0.120. The Hall–Kier alpha value is -4.51. The molecule has 1 aliphatic rings. The number of H-pyrrole nitrogens is 1. The van der Waals surface area contributed by atoms with Crippen LogP contribution in [0.3, 0.4) is 0 Å². The molecular formula is C25H20N4O6S. The molecule has 2 N–H and O–H groups in total. The van der Waals surface area contributed by atoms with E-state index in [0.29, 0.717) is 22.1 Å². The number of sulfone groups is 1. The summed E-state index contributed by atoms with van der Waals surface area (Å²) in [5.41, 5.74) is 1.80. The number of hydrogen-bond acceptors (Lipinski definition) is 7. The van der Waals surface area contributed by atoms with E-state index in [1.807, 2.05) is 37.3 Å². The van der Waals surface area contributed by atoms with Crippen LogP contribution in [0.4, 0.5) is 11.4 Å². The molecule has 0 bridgehead atoms. The van der Waals surface area contributed by atoms with Crippen molar-refractivity contribution in [3.05, 3.63) is 105 Å². The molecule has 1 unspecified atom stereocenters. The number of hydrogen-bond donors (Lipinski definition) is 2. The third-order valence-electron chi connectivity index (χ3n) is 6.07. The number of carbonyl (C=O) groups excluding carboxylic acids is 1. The average Bonchev–Trinajstić information content (AvgIpc) is 3.45. The minimum atomic E-state index is -4.24. The molecule has 0 fully saturated rings. The molecule has 0 spiro atoms. The smallest absolute Gasteiger partial charge is 0.333 e. The van der Waals surface area contributed by atoms with E-state index < -0.39 is 31.4 Å². The number of anilines is 1. The molecule has 10 nitrogen and oxygen atoms in total. The zero-order chi connectivity index (χ0) is 25.6. The molecule has 5 rings (SSSR count). The van der Waals surface area contributed by atoms with Crippen LogP contribution in [0, 0.1) is 10.1 Å². The van der Waals surface area contributed by atoms with E-state index in [4.69, 9.17) is 0 Å². The summed E-state index contributed by atoms with van der Waals surface area (Å²) in [4.78, 5) is 38.0. The van der Waals surface area contributed by atoms with Gasteiger partial charge in [-0.25, -0.2) is 17.8 Å². The van der Waals surface area contributed by atoms with Crippen molar-refractivity contribution in [2.75, 3.05) is 5.32 Å². The standard InChI is InChI=1S/C25H20N4O6S/c1-15-13-19-20(26-15)11-12-21(23(19)16-5-3-2-4-6-16)36(34,35)22-14-28(25(31)27-22)24(30)17-7-9-18(10-8-17)29(32)33/h2-12,14-15,26H,13H2,1H3,(H,27,31). The van der Waals surface area contributed by atoms with Gasteiger partial charge in [-0.1, -0.05) is 30.3 Å². The van der Waals surface area contributed by atoms with Crippen molar-refractivity contribution in [1.82, 2.24) is 9.55 Å². The highest BCUT2D eigenvalue weighted by molar-refractivity contribution is 7.91.